The zero-order valence-electron chi connectivity index (χ0n) is 10.8. The molecule has 0 atom stereocenters. The smallest absolute Gasteiger partial charge is 0.222 e. The fourth-order valence-corrected chi connectivity index (χ4v) is 2.21. The first-order valence-electron chi connectivity index (χ1n) is 6.68. The average molecular weight is 226 g/mol. The maximum atomic E-state index is 11.8. The monoisotopic (exact) mass is 226 g/mol. The van der Waals surface area contributed by atoms with E-state index in [4.69, 9.17) is 0 Å². The van der Waals surface area contributed by atoms with E-state index in [2.05, 4.69) is 12.2 Å². The number of rotatable bonds is 6. The van der Waals surface area contributed by atoms with Gasteiger partial charge in [-0.25, -0.2) is 0 Å². The van der Waals surface area contributed by atoms with Crippen molar-refractivity contribution in [3.63, 3.8) is 0 Å². The van der Waals surface area contributed by atoms with Crippen LogP contribution in [0.1, 0.15) is 45.4 Å². The van der Waals surface area contributed by atoms with E-state index in [1.165, 1.54) is 12.8 Å². The van der Waals surface area contributed by atoms with Gasteiger partial charge in [0.25, 0.3) is 0 Å². The Balaban J connectivity index is 2.12. The summed E-state index contributed by atoms with van der Waals surface area (Å²) in [5.74, 6) is 1.09. The summed E-state index contributed by atoms with van der Waals surface area (Å²) >= 11 is 0. The second-order valence-corrected chi connectivity index (χ2v) is 4.90. The number of unbranched alkanes of at least 4 members (excludes halogenated alkanes) is 1. The van der Waals surface area contributed by atoms with Gasteiger partial charge >= 0.3 is 0 Å². The van der Waals surface area contributed by atoms with Crippen LogP contribution in [0.15, 0.2) is 0 Å². The zero-order chi connectivity index (χ0) is 11.8. The maximum absolute atomic E-state index is 11.8. The van der Waals surface area contributed by atoms with Crippen LogP contribution in [0.4, 0.5) is 0 Å². The summed E-state index contributed by atoms with van der Waals surface area (Å²) in [5, 5.41) is 3.36. The Morgan fingerprint density at radius 2 is 2.06 bits per heavy atom. The number of amides is 1. The van der Waals surface area contributed by atoms with Crippen LogP contribution in [0.25, 0.3) is 0 Å². The predicted molar refractivity (Wildman–Crippen MR) is 67.4 cm³/mol. The van der Waals surface area contributed by atoms with Crippen molar-refractivity contribution in [2.45, 2.75) is 45.4 Å². The molecule has 1 aliphatic heterocycles. The van der Waals surface area contributed by atoms with Gasteiger partial charge < -0.3 is 10.2 Å². The fourth-order valence-electron chi connectivity index (χ4n) is 2.21. The third-order valence-corrected chi connectivity index (χ3v) is 3.50. The number of carbonyl (C=O) groups is 1. The van der Waals surface area contributed by atoms with Gasteiger partial charge in [0.05, 0.1) is 0 Å². The van der Waals surface area contributed by atoms with Gasteiger partial charge in [0.1, 0.15) is 0 Å². The van der Waals surface area contributed by atoms with Crippen molar-refractivity contribution in [1.82, 2.24) is 10.2 Å². The molecule has 1 N–H and O–H groups in total. The second kappa shape index (κ2) is 7.66. The van der Waals surface area contributed by atoms with Gasteiger partial charge in [0, 0.05) is 20.0 Å². The molecule has 94 valence electrons. The summed E-state index contributed by atoms with van der Waals surface area (Å²) in [6.07, 6.45) is 6.58. The molecule has 16 heavy (non-hydrogen) atoms. The number of hydrogen-bond donors (Lipinski definition) is 1. The molecule has 0 radical (unpaired) electrons. The highest BCUT2D eigenvalue weighted by Crippen LogP contribution is 2.18. The fraction of sp³-hybridized carbons (Fsp3) is 0.923. The molecular weight excluding hydrogens is 200 g/mol. The lowest BCUT2D eigenvalue weighted by molar-refractivity contribution is -0.130. The molecule has 3 heteroatoms. The SMILES string of the molecule is CCCCN(C)C(=O)CCC1CCNCC1. The van der Waals surface area contributed by atoms with Gasteiger partial charge in [-0.3, -0.25) is 4.79 Å². The molecule has 1 heterocycles. The Kier molecular flexibility index (Phi) is 6.46. The maximum Gasteiger partial charge on any atom is 0.222 e. The van der Waals surface area contributed by atoms with Crippen LogP contribution < -0.4 is 5.32 Å². The summed E-state index contributed by atoms with van der Waals surface area (Å²) in [6, 6.07) is 0. The van der Waals surface area contributed by atoms with E-state index in [9.17, 15) is 4.79 Å². The van der Waals surface area contributed by atoms with Crippen LogP contribution >= 0.6 is 0 Å². The van der Waals surface area contributed by atoms with E-state index in [0.29, 0.717) is 5.91 Å². The summed E-state index contributed by atoms with van der Waals surface area (Å²) in [7, 11) is 1.93. The molecule has 0 aromatic heterocycles. The van der Waals surface area contributed by atoms with Crippen molar-refractivity contribution < 1.29 is 4.79 Å². The van der Waals surface area contributed by atoms with Gasteiger partial charge in [-0.05, 0) is 44.7 Å². The average Bonchev–Trinajstić information content (AvgIpc) is 2.34. The minimum absolute atomic E-state index is 0.326. The first kappa shape index (κ1) is 13.5. The highest BCUT2D eigenvalue weighted by molar-refractivity contribution is 5.75. The number of carbonyl (C=O) groups excluding carboxylic acids is 1. The third kappa shape index (κ3) is 4.97. The van der Waals surface area contributed by atoms with Crippen molar-refractivity contribution in [2.75, 3.05) is 26.7 Å². The van der Waals surface area contributed by atoms with Gasteiger partial charge in [0.2, 0.25) is 5.91 Å². The minimum Gasteiger partial charge on any atom is -0.346 e. The normalized spacial score (nSPS) is 17.4. The molecule has 3 nitrogen and oxygen atoms in total. The zero-order valence-corrected chi connectivity index (χ0v) is 10.8. The molecular formula is C13H26N2O. The topological polar surface area (TPSA) is 32.3 Å². The van der Waals surface area contributed by atoms with Crippen LogP contribution in [0, 0.1) is 5.92 Å². The van der Waals surface area contributed by atoms with Gasteiger partial charge in [-0.1, -0.05) is 13.3 Å². The van der Waals surface area contributed by atoms with Crippen LogP contribution in [-0.2, 0) is 4.79 Å². The standard InChI is InChI=1S/C13H26N2O/c1-3-4-11-15(2)13(16)6-5-12-7-9-14-10-8-12/h12,14H,3-11H2,1-2H3. The Hall–Kier alpha value is -0.570. The van der Waals surface area contributed by atoms with Crippen molar-refractivity contribution >= 4 is 5.91 Å². The van der Waals surface area contributed by atoms with Crippen molar-refractivity contribution in [3.05, 3.63) is 0 Å². The lowest BCUT2D eigenvalue weighted by atomic mass is 9.93. The number of piperidine rings is 1. The van der Waals surface area contributed by atoms with Crippen LogP contribution in [0.3, 0.4) is 0 Å². The van der Waals surface area contributed by atoms with Crippen LogP contribution in [-0.4, -0.2) is 37.5 Å². The van der Waals surface area contributed by atoms with Crippen molar-refractivity contribution in [2.24, 2.45) is 5.92 Å². The van der Waals surface area contributed by atoms with E-state index in [1.807, 2.05) is 11.9 Å². The molecule has 1 saturated heterocycles. The molecule has 0 bridgehead atoms. The minimum atomic E-state index is 0.326. The molecule has 0 aliphatic carbocycles. The summed E-state index contributed by atoms with van der Waals surface area (Å²) < 4.78 is 0. The quantitative estimate of drug-likeness (QED) is 0.751. The lowest BCUT2D eigenvalue weighted by Gasteiger charge is -2.23. The predicted octanol–water partition coefficient (Wildman–Crippen LogP) is 2.02. The molecule has 1 rings (SSSR count). The Bertz CT molecular complexity index is 200. The highest BCUT2D eigenvalue weighted by atomic mass is 16.2. The van der Waals surface area contributed by atoms with Crippen molar-refractivity contribution in [3.8, 4) is 0 Å². The number of nitrogens with zero attached hydrogens (tertiary/aromatic N) is 1. The highest BCUT2D eigenvalue weighted by Gasteiger charge is 2.15. The molecule has 0 spiro atoms. The summed E-state index contributed by atoms with van der Waals surface area (Å²) in [4.78, 5) is 13.7. The Morgan fingerprint density at radius 1 is 1.38 bits per heavy atom. The lowest BCUT2D eigenvalue weighted by Crippen LogP contribution is -2.30. The van der Waals surface area contributed by atoms with Crippen molar-refractivity contribution in [1.29, 1.82) is 0 Å². The molecule has 1 aliphatic rings. The van der Waals surface area contributed by atoms with Gasteiger partial charge in [0.15, 0.2) is 0 Å². The first-order chi connectivity index (χ1) is 7.74. The molecule has 1 fully saturated rings. The molecule has 1 amide bonds. The van der Waals surface area contributed by atoms with E-state index >= 15 is 0 Å². The van der Waals surface area contributed by atoms with E-state index in [1.54, 1.807) is 0 Å². The Labute approximate surface area is 99.6 Å². The van der Waals surface area contributed by atoms with E-state index in [-0.39, 0.29) is 0 Å². The molecule has 0 unspecified atom stereocenters. The summed E-state index contributed by atoms with van der Waals surface area (Å²) in [6.45, 7) is 5.34. The van der Waals surface area contributed by atoms with E-state index in [0.717, 1.165) is 51.2 Å². The summed E-state index contributed by atoms with van der Waals surface area (Å²) in [5.41, 5.74) is 0. The third-order valence-electron chi connectivity index (χ3n) is 3.50. The van der Waals surface area contributed by atoms with Gasteiger partial charge in [-0.15, -0.1) is 0 Å². The van der Waals surface area contributed by atoms with Gasteiger partial charge in [-0.2, -0.15) is 0 Å². The number of hydrogen-bond acceptors (Lipinski definition) is 2. The molecule has 0 aromatic rings. The van der Waals surface area contributed by atoms with Crippen LogP contribution in [0.5, 0.6) is 0 Å². The molecule has 0 aromatic carbocycles. The largest absolute Gasteiger partial charge is 0.346 e. The molecule has 0 saturated carbocycles. The first-order valence-corrected chi connectivity index (χ1v) is 6.68. The number of nitrogens with one attached hydrogen (secondary N) is 1. The van der Waals surface area contributed by atoms with E-state index < -0.39 is 0 Å². The second-order valence-electron chi connectivity index (χ2n) is 4.90. The van der Waals surface area contributed by atoms with Crippen LogP contribution in [0.2, 0.25) is 0 Å². The Morgan fingerprint density at radius 3 is 2.69 bits per heavy atom.